The van der Waals surface area contributed by atoms with Gasteiger partial charge in [0.05, 0.1) is 17.1 Å². The van der Waals surface area contributed by atoms with Gasteiger partial charge in [-0.25, -0.2) is 22.8 Å². The second kappa shape index (κ2) is 11.0. The van der Waals surface area contributed by atoms with Gasteiger partial charge in [0.15, 0.2) is 0 Å². The van der Waals surface area contributed by atoms with Gasteiger partial charge in [0, 0.05) is 27.9 Å². The van der Waals surface area contributed by atoms with Crippen molar-refractivity contribution in [3.05, 3.63) is 102 Å². The molecule has 0 aliphatic carbocycles. The molecule has 9 heteroatoms. The number of hydrogen-bond acceptors (Lipinski definition) is 5. The first-order valence-corrected chi connectivity index (χ1v) is 15.5. The van der Waals surface area contributed by atoms with Crippen LogP contribution in [0.25, 0.3) is 11.3 Å². The maximum absolute atomic E-state index is 14.9. The smallest absolute Gasteiger partial charge is 0.237 e. The summed E-state index contributed by atoms with van der Waals surface area (Å²) in [5, 5.41) is 1.38. The maximum atomic E-state index is 14.9. The Balaban J connectivity index is 1.99. The number of hydrogen-bond donors (Lipinski definition) is 1. The van der Waals surface area contributed by atoms with Gasteiger partial charge in [0.1, 0.15) is 13.0 Å². The molecule has 0 saturated carbocycles. The van der Waals surface area contributed by atoms with Gasteiger partial charge in [0.2, 0.25) is 16.0 Å². The lowest BCUT2D eigenvalue weighted by Crippen LogP contribution is -2.21. The summed E-state index contributed by atoms with van der Waals surface area (Å²) in [4.78, 5) is 9.16. The summed E-state index contributed by atoms with van der Waals surface area (Å²) in [6.07, 6.45) is 0.113. The molecule has 0 fully saturated rings. The molecule has 0 saturated heterocycles. The normalized spacial score (nSPS) is 12.0. The number of nitrogens with zero attached hydrogens (tertiary/aromatic N) is 2. The molecular formula is C28H29FN3O3PS. The highest BCUT2D eigenvalue weighted by atomic mass is 32.2. The van der Waals surface area contributed by atoms with Crippen LogP contribution in [0.15, 0.2) is 84.9 Å². The van der Waals surface area contributed by atoms with E-state index in [0.29, 0.717) is 33.1 Å². The number of anilines is 1. The highest BCUT2D eigenvalue weighted by Crippen LogP contribution is 2.49. The van der Waals surface area contributed by atoms with Crippen molar-refractivity contribution in [2.75, 3.05) is 10.5 Å². The molecule has 0 aliphatic heterocycles. The third kappa shape index (κ3) is 5.97. The topological polar surface area (TPSA) is 89.0 Å². The molecule has 1 heterocycles. The number of rotatable bonds is 9. The van der Waals surface area contributed by atoms with E-state index in [4.69, 9.17) is 0 Å². The van der Waals surface area contributed by atoms with E-state index in [2.05, 4.69) is 14.7 Å². The van der Waals surface area contributed by atoms with Gasteiger partial charge in [0.25, 0.3) is 0 Å². The Labute approximate surface area is 217 Å². The second-order valence-electron chi connectivity index (χ2n) is 9.00. The van der Waals surface area contributed by atoms with Gasteiger partial charge in [-0.05, 0) is 37.1 Å². The number of sulfonamides is 1. The molecule has 0 atom stereocenters. The van der Waals surface area contributed by atoms with Gasteiger partial charge in [-0.2, -0.15) is 0 Å². The standard InChI is InChI=1S/C28H29FN3O3PS/c1-4-37(34,35)32-28-30-26(20(2)3)25(27(31-28)21-15-17-22(29)18-16-21)19-36(33,23-11-7-5-8-12-23)24-13-9-6-10-14-24/h5-18,20H,4,19H2,1-3H3,(H,30,31,32). The summed E-state index contributed by atoms with van der Waals surface area (Å²) in [7, 11) is -6.87. The second-order valence-corrected chi connectivity index (χ2v) is 13.8. The predicted octanol–water partition coefficient (Wildman–Crippen LogP) is 5.68. The van der Waals surface area contributed by atoms with Crippen LogP contribution in [0.5, 0.6) is 0 Å². The van der Waals surface area contributed by atoms with Crippen molar-refractivity contribution in [1.82, 2.24) is 9.97 Å². The Morgan fingerprint density at radius 1 is 0.865 bits per heavy atom. The van der Waals surface area contributed by atoms with Crippen LogP contribution >= 0.6 is 7.14 Å². The molecule has 1 aromatic heterocycles. The quantitative estimate of drug-likeness (QED) is 0.278. The fourth-order valence-corrected chi connectivity index (χ4v) is 7.37. The van der Waals surface area contributed by atoms with Crippen LogP contribution in [-0.4, -0.2) is 24.1 Å². The average molecular weight is 538 g/mol. The minimum Gasteiger partial charge on any atom is -0.313 e. The van der Waals surface area contributed by atoms with Gasteiger partial charge >= 0.3 is 0 Å². The monoisotopic (exact) mass is 537 g/mol. The van der Waals surface area contributed by atoms with E-state index < -0.39 is 23.0 Å². The summed E-state index contributed by atoms with van der Waals surface area (Å²) in [6, 6.07) is 24.4. The van der Waals surface area contributed by atoms with E-state index in [9.17, 15) is 17.4 Å². The predicted molar refractivity (Wildman–Crippen MR) is 148 cm³/mol. The Hall–Kier alpha value is -3.35. The first-order chi connectivity index (χ1) is 17.6. The van der Waals surface area contributed by atoms with Gasteiger partial charge in [-0.15, -0.1) is 0 Å². The Morgan fingerprint density at radius 2 is 1.41 bits per heavy atom. The summed E-state index contributed by atoms with van der Waals surface area (Å²) in [6.45, 7) is 5.40. The SMILES string of the molecule is CCS(=O)(=O)Nc1nc(-c2ccc(F)cc2)c(CP(=O)(c2ccccc2)c2ccccc2)c(C(C)C)n1. The lowest BCUT2D eigenvalue weighted by atomic mass is 9.99. The zero-order valence-electron chi connectivity index (χ0n) is 20.9. The largest absolute Gasteiger partial charge is 0.313 e. The zero-order chi connectivity index (χ0) is 26.6. The van der Waals surface area contributed by atoms with Crippen LogP contribution < -0.4 is 15.3 Å². The molecule has 37 heavy (non-hydrogen) atoms. The minimum atomic E-state index is -3.64. The van der Waals surface area contributed by atoms with Crippen molar-refractivity contribution in [2.45, 2.75) is 32.9 Å². The highest BCUT2D eigenvalue weighted by Gasteiger charge is 2.32. The zero-order valence-corrected chi connectivity index (χ0v) is 22.6. The molecule has 0 radical (unpaired) electrons. The molecule has 0 unspecified atom stereocenters. The first-order valence-electron chi connectivity index (χ1n) is 12.0. The third-order valence-electron chi connectivity index (χ3n) is 6.06. The lowest BCUT2D eigenvalue weighted by molar-refractivity contribution is 0.586. The summed E-state index contributed by atoms with van der Waals surface area (Å²) < 4.78 is 55.9. The van der Waals surface area contributed by atoms with Crippen LogP contribution in [0.3, 0.4) is 0 Å². The van der Waals surface area contributed by atoms with E-state index in [0.717, 1.165) is 0 Å². The molecule has 4 aromatic rings. The van der Waals surface area contributed by atoms with Gasteiger partial charge in [-0.1, -0.05) is 74.5 Å². The van der Waals surface area contributed by atoms with Crippen molar-refractivity contribution in [3.63, 3.8) is 0 Å². The van der Waals surface area contributed by atoms with Crippen molar-refractivity contribution in [1.29, 1.82) is 0 Å². The van der Waals surface area contributed by atoms with Crippen LogP contribution in [0.1, 0.15) is 37.9 Å². The fourth-order valence-electron chi connectivity index (χ4n) is 4.13. The minimum absolute atomic E-state index is 0.0668. The van der Waals surface area contributed by atoms with E-state index in [1.807, 2.05) is 74.5 Å². The summed E-state index contributed by atoms with van der Waals surface area (Å²) >= 11 is 0. The van der Waals surface area contributed by atoms with E-state index in [-0.39, 0.29) is 23.8 Å². The molecule has 192 valence electrons. The van der Waals surface area contributed by atoms with Crippen LogP contribution in [-0.2, 0) is 20.8 Å². The average Bonchev–Trinajstić information content (AvgIpc) is 2.90. The molecule has 6 nitrogen and oxygen atoms in total. The van der Waals surface area contributed by atoms with E-state index in [1.165, 1.54) is 19.1 Å². The van der Waals surface area contributed by atoms with Crippen molar-refractivity contribution < 1.29 is 17.4 Å². The van der Waals surface area contributed by atoms with Crippen molar-refractivity contribution >= 4 is 33.7 Å². The number of nitrogens with one attached hydrogen (secondary N) is 1. The Bertz CT molecular complexity index is 1490. The Kier molecular flexibility index (Phi) is 7.90. The number of benzene rings is 3. The molecule has 0 aliphatic rings. The molecular weight excluding hydrogens is 508 g/mol. The molecule has 0 spiro atoms. The maximum Gasteiger partial charge on any atom is 0.237 e. The van der Waals surface area contributed by atoms with E-state index in [1.54, 1.807) is 12.1 Å². The van der Waals surface area contributed by atoms with Gasteiger partial charge < -0.3 is 4.57 Å². The molecule has 0 bridgehead atoms. The number of halogens is 1. The molecule has 4 rings (SSSR count). The van der Waals surface area contributed by atoms with Crippen molar-refractivity contribution in [2.24, 2.45) is 0 Å². The van der Waals surface area contributed by atoms with E-state index >= 15 is 0 Å². The van der Waals surface area contributed by atoms with Crippen LogP contribution in [0, 0.1) is 5.82 Å². The lowest BCUT2D eigenvalue weighted by Gasteiger charge is -2.24. The Morgan fingerprint density at radius 3 is 1.89 bits per heavy atom. The number of aromatic nitrogens is 2. The fraction of sp³-hybridized carbons (Fsp3) is 0.214. The van der Waals surface area contributed by atoms with Crippen LogP contribution in [0.4, 0.5) is 10.3 Å². The van der Waals surface area contributed by atoms with Crippen LogP contribution in [0.2, 0.25) is 0 Å². The van der Waals surface area contributed by atoms with Gasteiger partial charge in [-0.3, -0.25) is 4.72 Å². The molecule has 3 aromatic carbocycles. The third-order valence-corrected chi connectivity index (χ3v) is 10.3. The highest BCUT2D eigenvalue weighted by molar-refractivity contribution is 7.92. The molecule has 1 N–H and O–H groups in total. The van der Waals surface area contributed by atoms with Crippen molar-refractivity contribution in [3.8, 4) is 11.3 Å². The summed E-state index contributed by atoms with van der Waals surface area (Å²) in [5.74, 6) is -0.752. The first kappa shape index (κ1) is 26.7. The summed E-state index contributed by atoms with van der Waals surface area (Å²) in [5.41, 5.74) is 2.21. The molecule has 0 amide bonds.